The van der Waals surface area contributed by atoms with Crippen LogP contribution in [0.5, 0.6) is 5.75 Å². The molecule has 1 unspecified atom stereocenters. The monoisotopic (exact) mass is 443 g/mol. The van der Waals surface area contributed by atoms with E-state index in [1.807, 2.05) is 43.3 Å². The van der Waals surface area contributed by atoms with Crippen molar-refractivity contribution in [3.63, 3.8) is 0 Å². The first-order valence-corrected chi connectivity index (χ1v) is 11.0. The zero-order valence-corrected chi connectivity index (χ0v) is 18.6. The highest BCUT2D eigenvalue weighted by molar-refractivity contribution is 6.46. The van der Waals surface area contributed by atoms with Gasteiger partial charge in [0, 0.05) is 19.0 Å². The molecule has 1 fully saturated rings. The van der Waals surface area contributed by atoms with E-state index in [9.17, 15) is 19.5 Å². The molecule has 0 radical (unpaired) electrons. The number of unbranched alkanes of at least 4 members (excludes halogenated alkanes) is 1. The minimum atomic E-state index is -0.727. The number of rotatable bonds is 6. The molecule has 6 heteroatoms. The molecule has 0 aromatic heterocycles. The summed E-state index contributed by atoms with van der Waals surface area (Å²) in [5.74, 6) is -1.60. The van der Waals surface area contributed by atoms with Crippen LogP contribution in [0.2, 0.25) is 0 Å². The molecule has 1 atom stereocenters. The molecule has 1 aliphatic rings. The number of Topliss-reactive ketones (excluding diaryl/α,β-unsaturated/α-hetero) is 1. The maximum atomic E-state index is 13.1. The smallest absolute Gasteiger partial charge is 0.308 e. The number of ether oxygens (including phenoxy) is 1. The first-order valence-electron chi connectivity index (χ1n) is 11.0. The summed E-state index contributed by atoms with van der Waals surface area (Å²) in [6.45, 7) is 3.72. The van der Waals surface area contributed by atoms with Gasteiger partial charge >= 0.3 is 5.97 Å². The number of hydrogen-bond donors (Lipinski definition) is 1. The molecule has 1 heterocycles. The zero-order chi connectivity index (χ0) is 23.5. The quantitative estimate of drug-likeness (QED) is 0.191. The van der Waals surface area contributed by atoms with Gasteiger partial charge in [0.2, 0.25) is 0 Å². The predicted octanol–water partition coefficient (Wildman–Crippen LogP) is 4.99. The molecule has 1 amide bonds. The number of hydrogen-bond acceptors (Lipinski definition) is 5. The minimum absolute atomic E-state index is 0.0617. The maximum Gasteiger partial charge on any atom is 0.308 e. The number of carbonyl (C=O) groups is 3. The maximum absolute atomic E-state index is 13.1. The second-order valence-electron chi connectivity index (χ2n) is 8.07. The first kappa shape index (κ1) is 22.3. The number of benzene rings is 3. The lowest BCUT2D eigenvalue weighted by Gasteiger charge is -2.25. The van der Waals surface area contributed by atoms with E-state index >= 15 is 0 Å². The molecule has 0 aliphatic carbocycles. The lowest BCUT2D eigenvalue weighted by atomic mass is 9.94. The summed E-state index contributed by atoms with van der Waals surface area (Å²) in [6.07, 6.45) is 1.58. The van der Waals surface area contributed by atoms with Crippen molar-refractivity contribution < 1.29 is 24.2 Å². The van der Waals surface area contributed by atoms with Crippen LogP contribution in [0.25, 0.3) is 16.5 Å². The molecule has 3 aromatic carbocycles. The fourth-order valence-electron chi connectivity index (χ4n) is 4.16. The summed E-state index contributed by atoms with van der Waals surface area (Å²) < 4.78 is 5.10. The van der Waals surface area contributed by atoms with Gasteiger partial charge in [-0.05, 0) is 41.0 Å². The van der Waals surface area contributed by atoms with Crippen LogP contribution < -0.4 is 4.74 Å². The summed E-state index contributed by atoms with van der Waals surface area (Å²) in [5, 5.41) is 13.2. The van der Waals surface area contributed by atoms with Crippen LogP contribution in [0.4, 0.5) is 0 Å². The second kappa shape index (κ2) is 9.28. The predicted molar refractivity (Wildman–Crippen MR) is 126 cm³/mol. The van der Waals surface area contributed by atoms with Gasteiger partial charge < -0.3 is 14.7 Å². The summed E-state index contributed by atoms with van der Waals surface area (Å²) in [6, 6.07) is 19.1. The van der Waals surface area contributed by atoms with Gasteiger partial charge in [0.1, 0.15) is 11.5 Å². The highest BCUT2D eigenvalue weighted by atomic mass is 16.5. The van der Waals surface area contributed by atoms with Crippen LogP contribution in [-0.2, 0) is 14.4 Å². The Morgan fingerprint density at radius 2 is 1.70 bits per heavy atom. The van der Waals surface area contributed by atoms with Crippen molar-refractivity contribution >= 4 is 34.2 Å². The average Bonchev–Trinajstić information content (AvgIpc) is 3.07. The second-order valence-corrected chi connectivity index (χ2v) is 8.07. The molecule has 6 nitrogen and oxygen atoms in total. The lowest BCUT2D eigenvalue weighted by Crippen LogP contribution is -2.30. The number of ketones is 1. The standard InChI is InChI=1S/C27H25NO5/c1-3-4-15-28-24(19-11-13-22(14-12-19)33-17(2)29)23(26(31)27(28)32)25(30)21-10-9-18-7-5-6-8-20(18)16-21/h5-14,16,24,30H,3-4,15H2,1-2H3/b25-23-. The Hall–Kier alpha value is -3.93. The Morgan fingerprint density at radius 3 is 2.36 bits per heavy atom. The van der Waals surface area contributed by atoms with Gasteiger partial charge in [-0.3, -0.25) is 14.4 Å². The molecule has 1 saturated heterocycles. The molecule has 4 rings (SSSR count). The molecule has 0 saturated carbocycles. The van der Waals surface area contributed by atoms with Crippen molar-refractivity contribution in [2.24, 2.45) is 0 Å². The fourth-order valence-corrected chi connectivity index (χ4v) is 4.16. The van der Waals surface area contributed by atoms with E-state index in [0.717, 1.165) is 23.6 Å². The van der Waals surface area contributed by atoms with Crippen LogP contribution in [0.3, 0.4) is 0 Å². The minimum Gasteiger partial charge on any atom is -0.507 e. The molecular weight excluding hydrogens is 418 g/mol. The van der Waals surface area contributed by atoms with E-state index in [0.29, 0.717) is 23.4 Å². The van der Waals surface area contributed by atoms with Gasteiger partial charge in [0.25, 0.3) is 11.7 Å². The molecule has 33 heavy (non-hydrogen) atoms. The number of aliphatic hydroxyl groups excluding tert-OH is 1. The molecule has 168 valence electrons. The first-order chi connectivity index (χ1) is 15.9. The Bertz CT molecular complexity index is 1260. The summed E-state index contributed by atoms with van der Waals surface area (Å²) >= 11 is 0. The van der Waals surface area contributed by atoms with Crippen LogP contribution in [0.1, 0.15) is 43.9 Å². The van der Waals surface area contributed by atoms with Crippen molar-refractivity contribution in [3.05, 3.63) is 83.4 Å². The third kappa shape index (κ3) is 4.37. The topological polar surface area (TPSA) is 83.9 Å². The molecule has 1 N–H and O–H groups in total. The number of likely N-dealkylation sites (tertiary alicyclic amines) is 1. The molecule has 0 spiro atoms. The summed E-state index contributed by atoms with van der Waals surface area (Å²) in [4.78, 5) is 38.8. The largest absolute Gasteiger partial charge is 0.507 e. The number of aliphatic hydroxyl groups is 1. The highest BCUT2D eigenvalue weighted by Crippen LogP contribution is 2.40. The molecular formula is C27H25NO5. The van der Waals surface area contributed by atoms with Crippen LogP contribution in [0, 0.1) is 0 Å². The van der Waals surface area contributed by atoms with Crippen molar-refractivity contribution in [3.8, 4) is 5.75 Å². The van der Waals surface area contributed by atoms with Crippen molar-refractivity contribution in [1.82, 2.24) is 4.90 Å². The SMILES string of the molecule is CCCCN1C(=O)C(=O)/C(=C(\O)c2ccc3ccccc3c2)C1c1ccc(OC(C)=O)cc1. The van der Waals surface area contributed by atoms with E-state index < -0.39 is 23.7 Å². The fraction of sp³-hybridized carbons (Fsp3) is 0.222. The van der Waals surface area contributed by atoms with Gasteiger partial charge in [-0.15, -0.1) is 0 Å². The number of esters is 1. The van der Waals surface area contributed by atoms with Crippen LogP contribution in [-0.4, -0.2) is 34.2 Å². The van der Waals surface area contributed by atoms with E-state index in [4.69, 9.17) is 4.74 Å². The Kier molecular flexibility index (Phi) is 6.27. The van der Waals surface area contributed by atoms with E-state index in [-0.39, 0.29) is 11.3 Å². The Balaban J connectivity index is 1.82. The third-order valence-corrected chi connectivity index (χ3v) is 5.77. The van der Waals surface area contributed by atoms with Gasteiger partial charge in [-0.1, -0.05) is 61.9 Å². The van der Waals surface area contributed by atoms with Crippen molar-refractivity contribution in [2.75, 3.05) is 6.54 Å². The number of amides is 1. The van der Waals surface area contributed by atoms with Crippen LogP contribution >= 0.6 is 0 Å². The van der Waals surface area contributed by atoms with Crippen molar-refractivity contribution in [2.45, 2.75) is 32.7 Å². The Labute approximate surface area is 192 Å². The summed E-state index contributed by atoms with van der Waals surface area (Å²) in [5.41, 5.74) is 1.19. The lowest BCUT2D eigenvalue weighted by molar-refractivity contribution is -0.139. The highest BCUT2D eigenvalue weighted by Gasteiger charge is 2.45. The number of nitrogens with zero attached hydrogens (tertiary/aromatic N) is 1. The van der Waals surface area contributed by atoms with Gasteiger partial charge in [-0.25, -0.2) is 0 Å². The number of carbonyl (C=O) groups excluding carboxylic acids is 3. The zero-order valence-electron chi connectivity index (χ0n) is 18.6. The van der Waals surface area contributed by atoms with Crippen LogP contribution in [0.15, 0.2) is 72.3 Å². The third-order valence-electron chi connectivity index (χ3n) is 5.77. The van der Waals surface area contributed by atoms with E-state index in [1.165, 1.54) is 11.8 Å². The molecule has 3 aromatic rings. The van der Waals surface area contributed by atoms with Crippen molar-refractivity contribution in [1.29, 1.82) is 0 Å². The van der Waals surface area contributed by atoms with E-state index in [1.54, 1.807) is 30.3 Å². The summed E-state index contributed by atoms with van der Waals surface area (Å²) in [7, 11) is 0. The molecule has 1 aliphatic heterocycles. The number of fused-ring (bicyclic) bond motifs is 1. The van der Waals surface area contributed by atoms with Gasteiger partial charge in [-0.2, -0.15) is 0 Å². The van der Waals surface area contributed by atoms with Gasteiger partial charge in [0.05, 0.1) is 11.6 Å². The Morgan fingerprint density at radius 1 is 1.00 bits per heavy atom. The average molecular weight is 443 g/mol. The molecule has 0 bridgehead atoms. The normalized spacial score (nSPS) is 17.5. The van der Waals surface area contributed by atoms with E-state index in [2.05, 4.69) is 0 Å². The van der Waals surface area contributed by atoms with Gasteiger partial charge in [0.15, 0.2) is 0 Å².